The predicted octanol–water partition coefficient (Wildman–Crippen LogP) is 7.82. The van der Waals surface area contributed by atoms with Gasteiger partial charge in [0.1, 0.15) is 13.9 Å². The van der Waals surface area contributed by atoms with E-state index in [4.69, 9.17) is 14.7 Å². The first-order valence-electron chi connectivity index (χ1n) is 16.2. The molecule has 1 saturated heterocycles. The molecule has 1 aromatic heterocycles. The molecule has 0 aliphatic carbocycles. The van der Waals surface area contributed by atoms with Crippen LogP contribution in [0.5, 0.6) is 0 Å². The number of rotatable bonds is 7. The normalized spacial score (nSPS) is 18.5. The molecule has 8 nitrogen and oxygen atoms in total. The van der Waals surface area contributed by atoms with Gasteiger partial charge < -0.3 is 19.6 Å². The minimum absolute atomic E-state index is 0.130. The zero-order valence-electron chi connectivity index (χ0n) is 28.0. The standard InChI is InChI=1S/C36H45N5O3SSi/c1-23(2)46(24(3)4,25(5)6)19-15-27-11-8-10-26-12-9-13-29(33(26)27)32-20-31-30(22-44-32)34(39-35(38-31)45-7)40-17-18-41(36(42)43)28(21-40)14-16-37/h8-13,23-25,28,32H,14,17-18,20-22H2,1-7H3,(H,42,43)/t28-,32?/m0/s1. The molecule has 46 heavy (non-hydrogen) atoms. The molecule has 2 aliphatic heterocycles. The van der Waals surface area contributed by atoms with Gasteiger partial charge in [0.25, 0.3) is 0 Å². The van der Waals surface area contributed by atoms with E-state index in [9.17, 15) is 15.2 Å². The molecule has 0 bridgehead atoms. The molecule has 10 heteroatoms. The summed E-state index contributed by atoms with van der Waals surface area (Å²) in [4.78, 5) is 25.1. The number of nitrogens with zero attached hydrogens (tertiary/aromatic N) is 5. The third kappa shape index (κ3) is 6.36. The van der Waals surface area contributed by atoms with Gasteiger partial charge in [-0.05, 0) is 39.9 Å². The lowest BCUT2D eigenvalue weighted by molar-refractivity contribution is 0.0265. The van der Waals surface area contributed by atoms with E-state index in [1.807, 2.05) is 6.26 Å². The first-order valence-corrected chi connectivity index (χ1v) is 19.7. The van der Waals surface area contributed by atoms with E-state index in [1.165, 1.54) is 16.7 Å². The van der Waals surface area contributed by atoms with Crippen LogP contribution in [0.4, 0.5) is 10.6 Å². The average molecular weight is 656 g/mol. The molecule has 5 rings (SSSR count). The number of anilines is 1. The molecule has 1 unspecified atom stereocenters. The Hall–Kier alpha value is -3.57. The second-order valence-electron chi connectivity index (χ2n) is 13.3. The summed E-state index contributed by atoms with van der Waals surface area (Å²) in [5.41, 5.74) is 9.64. The second kappa shape index (κ2) is 14.0. The van der Waals surface area contributed by atoms with Crippen LogP contribution in [0.25, 0.3) is 10.8 Å². The molecule has 3 aromatic rings. The van der Waals surface area contributed by atoms with E-state index in [-0.39, 0.29) is 12.5 Å². The number of ether oxygens (including phenoxy) is 1. The fourth-order valence-electron chi connectivity index (χ4n) is 7.71. The highest BCUT2D eigenvalue weighted by molar-refractivity contribution is 7.98. The quantitative estimate of drug-likeness (QED) is 0.119. The van der Waals surface area contributed by atoms with Crippen LogP contribution in [0.3, 0.4) is 0 Å². The lowest BCUT2D eigenvalue weighted by Gasteiger charge is -2.41. The number of carbonyl (C=O) groups is 1. The Morgan fingerprint density at radius 3 is 2.41 bits per heavy atom. The van der Waals surface area contributed by atoms with Gasteiger partial charge in [0.05, 0.1) is 36.9 Å². The summed E-state index contributed by atoms with van der Waals surface area (Å²) in [5.74, 6) is 4.50. The van der Waals surface area contributed by atoms with Gasteiger partial charge in [0.2, 0.25) is 0 Å². The van der Waals surface area contributed by atoms with Crippen molar-refractivity contribution in [3.05, 3.63) is 58.8 Å². The fraction of sp³-hybridized carbons (Fsp3) is 0.500. The van der Waals surface area contributed by atoms with Crippen LogP contribution in [0.2, 0.25) is 16.6 Å². The highest BCUT2D eigenvalue weighted by Gasteiger charge is 2.42. The summed E-state index contributed by atoms with van der Waals surface area (Å²) in [6, 6.07) is 14.5. The van der Waals surface area contributed by atoms with E-state index in [0.29, 0.717) is 54.4 Å². The number of amides is 1. The maximum absolute atomic E-state index is 11.8. The largest absolute Gasteiger partial charge is 0.465 e. The third-order valence-electron chi connectivity index (χ3n) is 9.96. The number of hydrogen-bond acceptors (Lipinski definition) is 7. The number of aromatic nitrogens is 2. The molecule has 0 saturated carbocycles. The van der Waals surface area contributed by atoms with Crippen molar-refractivity contribution < 1.29 is 14.6 Å². The molecular weight excluding hydrogens is 611 g/mol. The Morgan fingerprint density at radius 1 is 1.09 bits per heavy atom. The van der Waals surface area contributed by atoms with Crippen LogP contribution in [-0.2, 0) is 17.8 Å². The van der Waals surface area contributed by atoms with Gasteiger partial charge in [-0.25, -0.2) is 14.8 Å². The van der Waals surface area contributed by atoms with Crippen molar-refractivity contribution in [1.29, 1.82) is 5.26 Å². The maximum atomic E-state index is 11.8. The Labute approximate surface area is 278 Å². The lowest BCUT2D eigenvalue weighted by Crippen LogP contribution is -2.55. The Balaban J connectivity index is 1.53. The van der Waals surface area contributed by atoms with E-state index >= 15 is 0 Å². The molecule has 2 atom stereocenters. The van der Waals surface area contributed by atoms with E-state index in [1.54, 1.807) is 0 Å². The van der Waals surface area contributed by atoms with Crippen molar-refractivity contribution in [2.75, 3.05) is 30.8 Å². The molecule has 1 fully saturated rings. The van der Waals surface area contributed by atoms with E-state index < -0.39 is 20.2 Å². The summed E-state index contributed by atoms with van der Waals surface area (Å²) in [6.45, 7) is 15.6. The number of piperazine rings is 1. The molecule has 242 valence electrons. The average Bonchev–Trinajstić information content (AvgIpc) is 3.03. The van der Waals surface area contributed by atoms with Gasteiger partial charge in [0, 0.05) is 42.6 Å². The molecule has 2 aliphatic rings. The summed E-state index contributed by atoms with van der Waals surface area (Å²) < 4.78 is 6.64. The predicted molar refractivity (Wildman–Crippen MR) is 188 cm³/mol. The van der Waals surface area contributed by atoms with Crippen molar-refractivity contribution in [2.45, 2.75) is 94.9 Å². The van der Waals surface area contributed by atoms with Crippen molar-refractivity contribution in [1.82, 2.24) is 14.9 Å². The Bertz CT molecular complexity index is 1680. The number of fused-ring (bicyclic) bond motifs is 2. The van der Waals surface area contributed by atoms with Crippen molar-refractivity contribution in [3.63, 3.8) is 0 Å². The molecule has 0 spiro atoms. The number of hydrogen-bond donors (Lipinski definition) is 1. The topological polar surface area (TPSA) is 103 Å². The first kappa shape index (κ1) is 33.8. The zero-order valence-corrected chi connectivity index (χ0v) is 29.8. The Kier molecular flexibility index (Phi) is 10.3. The van der Waals surface area contributed by atoms with Crippen molar-refractivity contribution in [2.24, 2.45) is 0 Å². The zero-order chi connectivity index (χ0) is 33.2. The number of nitriles is 1. The van der Waals surface area contributed by atoms with Crippen LogP contribution in [0.15, 0.2) is 41.6 Å². The SMILES string of the molecule is CSc1nc2c(c(N3CCN(C(=O)O)[C@@H](CC#N)C3)n1)COC(c1cccc3cccc(C#C[Si](C(C)C)(C(C)C)C(C)C)c13)C2. The van der Waals surface area contributed by atoms with Gasteiger partial charge in [-0.2, -0.15) is 5.26 Å². The highest BCUT2D eigenvalue weighted by atomic mass is 32.2. The second-order valence-corrected chi connectivity index (χ2v) is 19.7. The number of thioether (sulfide) groups is 1. The monoisotopic (exact) mass is 655 g/mol. The van der Waals surface area contributed by atoms with Gasteiger partial charge in [-0.3, -0.25) is 0 Å². The van der Waals surface area contributed by atoms with Crippen LogP contribution in [0.1, 0.15) is 76.5 Å². The van der Waals surface area contributed by atoms with Gasteiger partial charge in [-0.15, -0.1) is 5.54 Å². The number of carboxylic acid groups (broad SMARTS) is 1. The van der Waals surface area contributed by atoms with Crippen LogP contribution >= 0.6 is 11.8 Å². The lowest BCUT2D eigenvalue weighted by atomic mass is 9.92. The van der Waals surface area contributed by atoms with E-state index in [2.05, 4.69) is 100 Å². The molecule has 1 amide bonds. The van der Waals surface area contributed by atoms with Gasteiger partial charge in [-0.1, -0.05) is 89.6 Å². The molecule has 1 N–H and O–H groups in total. The first-order chi connectivity index (χ1) is 22.0. The van der Waals surface area contributed by atoms with E-state index in [0.717, 1.165) is 39.0 Å². The maximum Gasteiger partial charge on any atom is 0.407 e. The summed E-state index contributed by atoms with van der Waals surface area (Å²) in [6.07, 6.45) is 1.50. The smallest absolute Gasteiger partial charge is 0.407 e. The molecule has 3 heterocycles. The molecule has 2 aromatic carbocycles. The molecule has 0 radical (unpaired) electrons. The summed E-state index contributed by atoms with van der Waals surface area (Å²) in [7, 11) is -1.93. The third-order valence-corrected chi connectivity index (χ3v) is 16.8. The highest BCUT2D eigenvalue weighted by Crippen LogP contribution is 2.42. The molecular formula is C36H45N5O3SSi. The van der Waals surface area contributed by atoms with Gasteiger partial charge >= 0.3 is 6.09 Å². The fourth-order valence-corrected chi connectivity index (χ4v) is 13.3. The van der Waals surface area contributed by atoms with Crippen molar-refractivity contribution in [3.8, 4) is 17.5 Å². The Morgan fingerprint density at radius 2 is 1.78 bits per heavy atom. The minimum atomic E-state index is -1.93. The summed E-state index contributed by atoms with van der Waals surface area (Å²) in [5, 5.41) is 22.0. The minimum Gasteiger partial charge on any atom is -0.465 e. The van der Waals surface area contributed by atoms with Crippen LogP contribution in [-0.4, -0.2) is 66.1 Å². The summed E-state index contributed by atoms with van der Waals surface area (Å²) >= 11 is 1.49. The van der Waals surface area contributed by atoms with Gasteiger partial charge in [0.15, 0.2) is 5.16 Å². The van der Waals surface area contributed by atoms with Crippen LogP contribution in [0, 0.1) is 22.8 Å². The van der Waals surface area contributed by atoms with Crippen LogP contribution < -0.4 is 4.90 Å². The number of benzene rings is 2. The van der Waals surface area contributed by atoms with Crippen molar-refractivity contribution >= 4 is 42.5 Å².